The first-order valence-electron chi connectivity index (χ1n) is 5.23. The van der Waals surface area contributed by atoms with Crippen LogP contribution in [0.4, 0.5) is 5.82 Å². The third-order valence-corrected chi connectivity index (χ3v) is 2.14. The number of hydrogen-bond acceptors (Lipinski definition) is 3. The van der Waals surface area contributed by atoms with Crippen LogP contribution in [0.3, 0.4) is 0 Å². The minimum atomic E-state index is 0.831. The van der Waals surface area contributed by atoms with Crippen molar-refractivity contribution in [3.8, 4) is 0 Å². The third-order valence-electron chi connectivity index (χ3n) is 2.14. The zero-order valence-electron chi connectivity index (χ0n) is 10.0. The van der Waals surface area contributed by atoms with Gasteiger partial charge in [-0.3, -0.25) is 0 Å². The summed E-state index contributed by atoms with van der Waals surface area (Å²) < 4.78 is 0. The van der Waals surface area contributed by atoms with Crippen molar-refractivity contribution in [1.29, 1.82) is 0 Å². The zero-order chi connectivity index (χ0) is 11.4. The highest BCUT2D eigenvalue weighted by atomic mass is 15.2. The van der Waals surface area contributed by atoms with E-state index in [0.717, 1.165) is 35.9 Å². The molecule has 3 heteroatoms. The number of nitrogens with zero attached hydrogens (tertiary/aromatic N) is 3. The molecule has 0 aromatic carbocycles. The molecule has 0 saturated heterocycles. The van der Waals surface area contributed by atoms with Crippen LogP contribution in [0, 0.1) is 6.92 Å². The smallest absolute Gasteiger partial charge is 0.132 e. The largest absolute Gasteiger partial charge is 0.356 e. The summed E-state index contributed by atoms with van der Waals surface area (Å²) in [6.45, 7) is 10.8. The quantitative estimate of drug-likeness (QED) is 0.707. The van der Waals surface area contributed by atoms with Gasteiger partial charge in [-0.05, 0) is 20.3 Å². The fourth-order valence-electron chi connectivity index (χ4n) is 1.47. The van der Waals surface area contributed by atoms with Gasteiger partial charge in [-0.15, -0.1) is 0 Å². The zero-order valence-corrected chi connectivity index (χ0v) is 10.0. The van der Waals surface area contributed by atoms with Crippen LogP contribution < -0.4 is 4.90 Å². The van der Waals surface area contributed by atoms with Gasteiger partial charge in [0.05, 0.1) is 0 Å². The van der Waals surface area contributed by atoms with Crippen molar-refractivity contribution >= 4 is 5.82 Å². The predicted molar refractivity (Wildman–Crippen MR) is 64.2 cm³/mol. The minimum Gasteiger partial charge on any atom is -0.356 e. The average molecular weight is 205 g/mol. The lowest BCUT2D eigenvalue weighted by Gasteiger charge is -2.18. The van der Waals surface area contributed by atoms with Crippen LogP contribution in [0.2, 0.25) is 0 Å². The minimum absolute atomic E-state index is 0.831. The van der Waals surface area contributed by atoms with Crippen molar-refractivity contribution in [1.82, 2.24) is 9.97 Å². The van der Waals surface area contributed by atoms with E-state index in [-0.39, 0.29) is 0 Å². The normalized spacial score (nSPS) is 10.1. The maximum atomic E-state index is 4.41. The van der Waals surface area contributed by atoms with Crippen molar-refractivity contribution in [2.24, 2.45) is 0 Å². The van der Waals surface area contributed by atoms with Gasteiger partial charge < -0.3 is 4.90 Å². The third kappa shape index (κ3) is 3.35. The average Bonchev–Trinajstić information content (AvgIpc) is 2.15. The van der Waals surface area contributed by atoms with Gasteiger partial charge in [0, 0.05) is 25.4 Å². The van der Waals surface area contributed by atoms with E-state index < -0.39 is 0 Å². The van der Waals surface area contributed by atoms with Gasteiger partial charge >= 0.3 is 0 Å². The summed E-state index contributed by atoms with van der Waals surface area (Å²) >= 11 is 0. The van der Waals surface area contributed by atoms with Crippen molar-refractivity contribution < 1.29 is 0 Å². The van der Waals surface area contributed by atoms with Gasteiger partial charge in [0.1, 0.15) is 11.6 Å². The van der Waals surface area contributed by atoms with E-state index in [0.29, 0.717) is 0 Å². The van der Waals surface area contributed by atoms with E-state index in [4.69, 9.17) is 0 Å². The molecule has 0 fully saturated rings. The Balaban J connectivity index is 2.92. The first-order valence-corrected chi connectivity index (χ1v) is 5.23. The SMILES string of the molecule is C=C(C)CN(C)c1cc(CC)nc(C)n1. The molecule has 15 heavy (non-hydrogen) atoms. The summed E-state index contributed by atoms with van der Waals surface area (Å²) in [6, 6.07) is 2.04. The molecule has 1 aromatic rings. The van der Waals surface area contributed by atoms with E-state index in [1.54, 1.807) is 0 Å². The summed E-state index contributed by atoms with van der Waals surface area (Å²) in [7, 11) is 2.02. The second kappa shape index (κ2) is 4.91. The second-order valence-electron chi connectivity index (χ2n) is 3.93. The van der Waals surface area contributed by atoms with Crippen LogP contribution >= 0.6 is 0 Å². The first-order chi connectivity index (χ1) is 7.02. The molecule has 0 radical (unpaired) electrons. The maximum absolute atomic E-state index is 4.41. The number of likely N-dealkylation sites (N-methyl/N-ethyl adjacent to an activating group) is 1. The van der Waals surface area contributed by atoms with Gasteiger partial charge in [0.15, 0.2) is 0 Å². The van der Waals surface area contributed by atoms with Crippen molar-refractivity contribution in [2.45, 2.75) is 27.2 Å². The number of aromatic nitrogens is 2. The lowest BCUT2D eigenvalue weighted by atomic mass is 10.3. The van der Waals surface area contributed by atoms with Gasteiger partial charge in [-0.25, -0.2) is 9.97 Å². The number of rotatable bonds is 4. The molecule has 0 bridgehead atoms. The summed E-state index contributed by atoms with van der Waals surface area (Å²) in [6.07, 6.45) is 0.942. The van der Waals surface area contributed by atoms with E-state index in [1.807, 2.05) is 27.0 Å². The topological polar surface area (TPSA) is 29.0 Å². The van der Waals surface area contributed by atoms with Gasteiger partial charge in [-0.2, -0.15) is 0 Å². The van der Waals surface area contributed by atoms with Gasteiger partial charge in [-0.1, -0.05) is 19.1 Å². The van der Waals surface area contributed by atoms with Crippen LogP contribution in [0.5, 0.6) is 0 Å². The van der Waals surface area contributed by atoms with E-state index in [1.165, 1.54) is 0 Å². The van der Waals surface area contributed by atoms with Crippen molar-refractivity contribution in [2.75, 3.05) is 18.5 Å². The summed E-state index contributed by atoms with van der Waals surface area (Å²) in [5.74, 6) is 1.81. The highest BCUT2D eigenvalue weighted by molar-refractivity contribution is 5.40. The monoisotopic (exact) mass is 205 g/mol. The molecule has 0 amide bonds. The van der Waals surface area contributed by atoms with E-state index in [9.17, 15) is 0 Å². The lowest BCUT2D eigenvalue weighted by molar-refractivity contribution is 0.892. The van der Waals surface area contributed by atoms with E-state index in [2.05, 4.69) is 28.4 Å². The summed E-state index contributed by atoms with van der Waals surface area (Å²) in [5, 5.41) is 0. The number of aryl methyl sites for hydroxylation is 2. The van der Waals surface area contributed by atoms with E-state index >= 15 is 0 Å². The molecule has 0 N–H and O–H groups in total. The van der Waals surface area contributed by atoms with Crippen molar-refractivity contribution in [3.63, 3.8) is 0 Å². The Morgan fingerprint density at radius 1 is 1.47 bits per heavy atom. The lowest BCUT2D eigenvalue weighted by Crippen LogP contribution is -2.21. The Morgan fingerprint density at radius 2 is 2.13 bits per heavy atom. The second-order valence-corrected chi connectivity index (χ2v) is 3.93. The molecule has 3 nitrogen and oxygen atoms in total. The van der Waals surface area contributed by atoms with Gasteiger partial charge in [0.25, 0.3) is 0 Å². The molecule has 0 aliphatic carbocycles. The molecule has 0 aliphatic heterocycles. The molecule has 0 spiro atoms. The standard InChI is InChI=1S/C12H19N3/c1-6-11-7-12(14-10(4)13-11)15(5)8-9(2)3/h7H,2,6,8H2,1,3-5H3. The van der Waals surface area contributed by atoms with Crippen LogP contribution in [-0.4, -0.2) is 23.6 Å². The number of anilines is 1. The molecular formula is C12H19N3. The highest BCUT2D eigenvalue weighted by Gasteiger charge is 2.05. The predicted octanol–water partition coefficient (Wildman–Crippen LogP) is 2.36. The van der Waals surface area contributed by atoms with Crippen LogP contribution in [0.15, 0.2) is 18.2 Å². The van der Waals surface area contributed by atoms with Crippen LogP contribution in [0.1, 0.15) is 25.4 Å². The molecule has 1 rings (SSSR count). The Kier molecular flexibility index (Phi) is 3.83. The Labute approximate surface area is 91.9 Å². The summed E-state index contributed by atoms with van der Waals surface area (Å²) in [4.78, 5) is 10.9. The van der Waals surface area contributed by atoms with Crippen LogP contribution in [-0.2, 0) is 6.42 Å². The van der Waals surface area contributed by atoms with Gasteiger partial charge in [0.2, 0.25) is 0 Å². The molecular weight excluding hydrogens is 186 g/mol. The fourth-order valence-corrected chi connectivity index (χ4v) is 1.47. The summed E-state index contributed by atoms with van der Waals surface area (Å²) in [5.41, 5.74) is 2.22. The Hall–Kier alpha value is -1.38. The molecule has 0 unspecified atom stereocenters. The molecule has 0 saturated carbocycles. The van der Waals surface area contributed by atoms with Crippen LogP contribution in [0.25, 0.3) is 0 Å². The Morgan fingerprint density at radius 3 is 2.67 bits per heavy atom. The van der Waals surface area contributed by atoms with Crippen molar-refractivity contribution in [3.05, 3.63) is 29.7 Å². The molecule has 0 atom stereocenters. The Bertz CT molecular complexity index is 358. The highest BCUT2D eigenvalue weighted by Crippen LogP contribution is 2.12. The first kappa shape index (κ1) is 11.7. The molecule has 82 valence electrons. The fraction of sp³-hybridized carbons (Fsp3) is 0.500. The number of hydrogen-bond donors (Lipinski definition) is 0. The maximum Gasteiger partial charge on any atom is 0.132 e. The molecule has 0 aliphatic rings. The molecule has 1 heterocycles. The molecule has 1 aromatic heterocycles.